The molecule has 0 fully saturated rings. The van der Waals surface area contributed by atoms with E-state index in [1.165, 1.54) is 17.8 Å². The van der Waals surface area contributed by atoms with E-state index < -0.39 is 0 Å². The maximum atomic E-state index is 11.3. The van der Waals surface area contributed by atoms with Gasteiger partial charge in [0.1, 0.15) is 0 Å². The van der Waals surface area contributed by atoms with E-state index in [2.05, 4.69) is 15.0 Å². The van der Waals surface area contributed by atoms with E-state index in [1.54, 1.807) is 13.1 Å². The number of rotatable bonds is 4. The number of aromatic amines is 1. The number of nitrogens with two attached hydrogens (primary N) is 1. The molecule has 0 aromatic carbocycles. The van der Waals surface area contributed by atoms with Crippen LogP contribution in [-0.2, 0) is 0 Å². The number of hydrogen-bond donors (Lipinski definition) is 2. The van der Waals surface area contributed by atoms with Crippen molar-refractivity contribution in [3.63, 3.8) is 0 Å². The molecule has 2 aromatic heterocycles. The summed E-state index contributed by atoms with van der Waals surface area (Å²) in [6, 6.07) is 5.27. The number of nitrogens with zero attached hydrogens (tertiary/aromatic N) is 2. The van der Waals surface area contributed by atoms with E-state index in [-0.39, 0.29) is 11.6 Å². The van der Waals surface area contributed by atoms with Crippen molar-refractivity contribution < 1.29 is 0 Å². The average molecular weight is 276 g/mol. The van der Waals surface area contributed by atoms with Crippen LogP contribution in [0.4, 0.5) is 0 Å². The summed E-state index contributed by atoms with van der Waals surface area (Å²) in [7, 11) is 0. The summed E-state index contributed by atoms with van der Waals surface area (Å²) >= 11 is 1.37. The van der Waals surface area contributed by atoms with Crippen LogP contribution in [0.3, 0.4) is 0 Å². The Bertz CT molecular complexity index is 609. The standard InChI is InChI=1S/C13H16N4OS/c1-3-10(14)11-5-4-9(7-15-11)19-13-16-8(2)6-12(18)17-13/h4-7,10H,3,14H2,1-2H3,(H,16,17,18)/t10-/m0/s1. The molecule has 2 rings (SSSR count). The van der Waals surface area contributed by atoms with Crippen molar-refractivity contribution >= 4 is 11.8 Å². The van der Waals surface area contributed by atoms with E-state index in [4.69, 9.17) is 5.73 Å². The van der Waals surface area contributed by atoms with Gasteiger partial charge in [0.05, 0.1) is 5.69 Å². The first-order valence-corrected chi connectivity index (χ1v) is 6.87. The zero-order chi connectivity index (χ0) is 13.8. The minimum atomic E-state index is -0.146. The predicted molar refractivity (Wildman–Crippen MR) is 75.2 cm³/mol. The van der Waals surface area contributed by atoms with Gasteiger partial charge in [0.2, 0.25) is 0 Å². The second-order valence-corrected chi connectivity index (χ2v) is 5.29. The number of aryl methyl sites for hydroxylation is 1. The van der Waals surface area contributed by atoms with Crippen LogP contribution in [0.2, 0.25) is 0 Å². The van der Waals surface area contributed by atoms with E-state index in [9.17, 15) is 4.79 Å². The van der Waals surface area contributed by atoms with Gasteiger partial charge in [0, 0.05) is 28.9 Å². The third-order valence-electron chi connectivity index (χ3n) is 2.64. The van der Waals surface area contributed by atoms with Gasteiger partial charge in [-0.1, -0.05) is 18.7 Å². The fourth-order valence-electron chi connectivity index (χ4n) is 1.59. The van der Waals surface area contributed by atoms with Gasteiger partial charge in [-0.25, -0.2) is 4.98 Å². The van der Waals surface area contributed by atoms with Crippen molar-refractivity contribution in [3.8, 4) is 0 Å². The summed E-state index contributed by atoms with van der Waals surface area (Å²) in [4.78, 5) is 23.5. The lowest BCUT2D eigenvalue weighted by atomic mass is 10.1. The van der Waals surface area contributed by atoms with Crippen LogP contribution < -0.4 is 11.3 Å². The van der Waals surface area contributed by atoms with Gasteiger partial charge < -0.3 is 10.7 Å². The molecule has 100 valence electrons. The summed E-state index contributed by atoms with van der Waals surface area (Å²) < 4.78 is 0. The first kappa shape index (κ1) is 13.8. The molecule has 1 atom stereocenters. The van der Waals surface area contributed by atoms with Crippen LogP contribution in [0, 0.1) is 6.92 Å². The maximum absolute atomic E-state index is 11.3. The summed E-state index contributed by atoms with van der Waals surface area (Å²) in [6.07, 6.45) is 2.60. The third-order valence-corrected chi connectivity index (χ3v) is 3.51. The Morgan fingerprint density at radius 3 is 2.84 bits per heavy atom. The van der Waals surface area contributed by atoms with Crippen molar-refractivity contribution in [2.24, 2.45) is 5.73 Å². The molecule has 5 nitrogen and oxygen atoms in total. The number of H-pyrrole nitrogens is 1. The highest BCUT2D eigenvalue weighted by Gasteiger charge is 2.06. The van der Waals surface area contributed by atoms with E-state index in [0.717, 1.165) is 17.0 Å². The SMILES string of the molecule is CC[C@H](N)c1ccc(Sc2nc(C)cc(=O)[nH]2)cn1. The third kappa shape index (κ3) is 3.65. The van der Waals surface area contributed by atoms with Crippen LogP contribution in [0.5, 0.6) is 0 Å². The minimum Gasteiger partial charge on any atom is -0.323 e. The van der Waals surface area contributed by atoms with Crippen LogP contribution in [0.15, 0.2) is 39.2 Å². The van der Waals surface area contributed by atoms with Crippen molar-refractivity contribution in [2.45, 2.75) is 36.4 Å². The zero-order valence-electron chi connectivity index (χ0n) is 10.9. The highest BCUT2D eigenvalue weighted by Crippen LogP contribution is 2.24. The van der Waals surface area contributed by atoms with Gasteiger partial charge in [-0.3, -0.25) is 9.78 Å². The highest BCUT2D eigenvalue weighted by molar-refractivity contribution is 7.99. The van der Waals surface area contributed by atoms with Gasteiger partial charge >= 0.3 is 0 Å². The van der Waals surface area contributed by atoms with Crippen LogP contribution in [-0.4, -0.2) is 15.0 Å². The summed E-state index contributed by atoms with van der Waals surface area (Å²) in [5.74, 6) is 0. The molecule has 19 heavy (non-hydrogen) atoms. The monoisotopic (exact) mass is 276 g/mol. The first-order chi connectivity index (χ1) is 9.08. The Labute approximate surface area is 115 Å². The molecule has 2 heterocycles. The van der Waals surface area contributed by atoms with Crippen molar-refractivity contribution in [1.82, 2.24) is 15.0 Å². The molecule has 0 spiro atoms. The van der Waals surface area contributed by atoms with Gasteiger partial charge in [-0.05, 0) is 25.5 Å². The molecule has 0 radical (unpaired) electrons. The summed E-state index contributed by atoms with van der Waals surface area (Å²) in [5, 5.41) is 0.569. The molecule has 0 unspecified atom stereocenters. The predicted octanol–water partition coefficient (Wildman–Crippen LogP) is 2.03. The number of pyridine rings is 1. The lowest BCUT2D eigenvalue weighted by Gasteiger charge is -2.08. The highest BCUT2D eigenvalue weighted by atomic mass is 32.2. The van der Waals surface area contributed by atoms with Gasteiger partial charge in [-0.15, -0.1) is 0 Å². The van der Waals surface area contributed by atoms with Crippen molar-refractivity contribution in [1.29, 1.82) is 0 Å². The summed E-state index contributed by atoms with van der Waals surface area (Å²) in [5.41, 5.74) is 7.33. The molecule has 0 saturated heterocycles. The largest absolute Gasteiger partial charge is 0.323 e. The van der Waals surface area contributed by atoms with Crippen molar-refractivity contribution in [3.05, 3.63) is 46.1 Å². The van der Waals surface area contributed by atoms with E-state index >= 15 is 0 Å². The minimum absolute atomic E-state index is 0.0315. The van der Waals surface area contributed by atoms with Crippen LogP contribution in [0.25, 0.3) is 0 Å². The lowest BCUT2D eigenvalue weighted by molar-refractivity contribution is 0.674. The van der Waals surface area contributed by atoms with Gasteiger partial charge in [0.15, 0.2) is 5.16 Å². The average Bonchev–Trinajstić information content (AvgIpc) is 2.37. The Morgan fingerprint density at radius 1 is 1.47 bits per heavy atom. The second kappa shape index (κ2) is 5.99. The number of hydrogen-bond acceptors (Lipinski definition) is 5. The molecule has 0 amide bonds. The normalized spacial score (nSPS) is 12.4. The van der Waals surface area contributed by atoms with Gasteiger partial charge in [0.25, 0.3) is 5.56 Å². The summed E-state index contributed by atoms with van der Waals surface area (Å²) in [6.45, 7) is 3.82. The Hall–Kier alpha value is -1.66. The maximum Gasteiger partial charge on any atom is 0.251 e. The molecule has 0 saturated carbocycles. The van der Waals surface area contributed by atoms with E-state index in [0.29, 0.717) is 10.9 Å². The van der Waals surface area contributed by atoms with E-state index in [1.807, 2.05) is 19.1 Å². The van der Waals surface area contributed by atoms with Crippen molar-refractivity contribution in [2.75, 3.05) is 0 Å². The fourth-order valence-corrected chi connectivity index (χ4v) is 2.40. The zero-order valence-corrected chi connectivity index (χ0v) is 11.7. The number of aromatic nitrogens is 3. The smallest absolute Gasteiger partial charge is 0.251 e. The molecular formula is C13H16N4OS. The topological polar surface area (TPSA) is 84.7 Å². The molecule has 2 aromatic rings. The molecule has 0 aliphatic rings. The first-order valence-electron chi connectivity index (χ1n) is 6.06. The molecule has 6 heteroatoms. The molecule has 0 bridgehead atoms. The van der Waals surface area contributed by atoms with Crippen LogP contribution >= 0.6 is 11.8 Å². The molecule has 0 aliphatic heterocycles. The Kier molecular flexibility index (Phi) is 4.34. The van der Waals surface area contributed by atoms with Gasteiger partial charge in [-0.2, -0.15) is 0 Å². The quantitative estimate of drug-likeness (QED) is 0.835. The fraction of sp³-hybridized carbons (Fsp3) is 0.308. The second-order valence-electron chi connectivity index (χ2n) is 4.23. The molecular weight excluding hydrogens is 260 g/mol. The lowest BCUT2D eigenvalue weighted by Crippen LogP contribution is -2.10. The Balaban J connectivity index is 2.17. The molecule has 3 N–H and O–H groups in total. The number of nitrogens with one attached hydrogen (secondary N) is 1. The molecule has 0 aliphatic carbocycles. The Morgan fingerprint density at radius 2 is 2.26 bits per heavy atom. The van der Waals surface area contributed by atoms with Crippen LogP contribution in [0.1, 0.15) is 30.8 Å².